The van der Waals surface area contributed by atoms with Crippen LogP contribution in [0.4, 0.5) is 5.82 Å². The average molecular weight is 273 g/mol. The standard InChI is InChI=1S/C15H19N3O2/c1-9-2-3-10(6-16)15(17-9)18-7-11-4-13(19)14(20)5-12(11)8-18/h2-3,11-14,19-20H,4-5,7-8H2,1H3/t11-,12+,13-,14-/m0/s1. The molecule has 1 saturated carbocycles. The third-order valence-electron chi connectivity index (χ3n) is 4.54. The second kappa shape index (κ2) is 5.04. The molecule has 0 bridgehead atoms. The van der Waals surface area contributed by atoms with E-state index in [1.807, 2.05) is 19.1 Å². The van der Waals surface area contributed by atoms with Gasteiger partial charge in [0.15, 0.2) is 0 Å². The van der Waals surface area contributed by atoms with Crippen molar-refractivity contribution in [3.05, 3.63) is 23.4 Å². The van der Waals surface area contributed by atoms with Crippen LogP contribution in [0.5, 0.6) is 0 Å². The lowest BCUT2D eigenvalue weighted by atomic mass is 9.79. The van der Waals surface area contributed by atoms with Crippen LogP contribution in [-0.2, 0) is 0 Å². The molecule has 2 N–H and O–H groups in total. The Labute approximate surface area is 118 Å². The van der Waals surface area contributed by atoms with E-state index in [1.165, 1.54) is 0 Å². The molecular formula is C15H19N3O2. The summed E-state index contributed by atoms with van der Waals surface area (Å²) in [6.07, 6.45) is 0.0423. The molecule has 5 nitrogen and oxygen atoms in total. The summed E-state index contributed by atoms with van der Waals surface area (Å²) in [6.45, 7) is 3.53. The highest BCUT2D eigenvalue weighted by molar-refractivity contribution is 5.55. The Kier molecular flexibility index (Phi) is 3.36. The van der Waals surface area contributed by atoms with Gasteiger partial charge in [0.1, 0.15) is 11.9 Å². The summed E-state index contributed by atoms with van der Waals surface area (Å²) in [7, 11) is 0. The second-order valence-corrected chi connectivity index (χ2v) is 5.97. The zero-order chi connectivity index (χ0) is 14.3. The molecule has 2 aliphatic rings. The summed E-state index contributed by atoms with van der Waals surface area (Å²) < 4.78 is 0. The Balaban J connectivity index is 1.84. The molecule has 20 heavy (non-hydrogen) atoms. The van der Waals surface area contributed by atoms with E-state index in [0.717, 1.165) is 24.6 Å². The van der Waals surface area contributed by atoms with E-state index in [4.69, 9.17) is 0 Å². The monoisotopic (exact) mass is 273 g/mol. The number of hydrogen-bond donors (Lipinski definition) is 2. The third kappa shape index (κ3) is 2.26. The van der Waals surface area contributed by atoms with Crippen LogP contribution >= 0.6 is 0 Å². The molecule has 5 heteroatoms. The molecule has 2 fully saturated rings. The van der Waals surface area contributed by atoms with E-state index in [9.17, 15) is 15.5 Å². The molecule has 106 valence electrons. The highest BCUT2D eigenvalue weighted by Crippen LogP contribution is 2.38. The Hall–Kier alpha value is -1.64. The van der Waals surface area contributed by atoms with Gasteiger partial charge in [0, 0.05) is 18.8 Å². The van der Waals surface area contributed by atoms with Crippen LogP contribution in [0.3, 0.4) is 0 Å². The van der Waals surface area contributed by atoms with Crippen molar-refractivity contribution in [1.82, 2.24) is 4.98 Å². The van der Waals surface area contributed by atoms with Gasteiger partial charge in [0.2, 0.25) is 0 Å². The molecule has 2 heterocycles. The largest absolute Gasteiger partial charge is 0.390 e. The average Bonchev–Trinajstić information content (AvgIpc) is 2.82. The lowest BCUT2D eigenvalue weighted by Gasteiger charge is -2.31. The summed E-state index contributed by atoms with van der Waals surface area (Å²) in [5, 5.41) is 28.8. The number of rotatable bonds is 1. The minimum absolute atomic E-state index is 0.377. The minimum Gasteiger partial charge on any atom is -0.390 e. The highest BCUT2D eigenvalue weighted by Gasteiger charge is 2.41. The first-order valence-electron chi connectivity index (χ1n) is 7.07. The fraction of sp³-hybridized carbons (Fsp3) is 0.600. The van der Waals surface area contributed by atoms with Gasteiger partial charge in [0.05, 0.1) is 17.8 Å². The van der Waals surface area contributed by atoms with Gasteiger partial charge in [-0.15, -0.1) is 0 Å². The van der Waals surface area contributed by atoms with Crippen molar-refractivity contribution in [2.24, 2.45) is 11.8 Å². The molecule has 1 aliphatic heterocycles. The minimum atomic E-state index is -0.614. The van der Waals surface area contributed by atoms with Gasteiger partial charge in [-0.3, -0.25) is 0 Å². The number of nitriles is 1. The number of aromatic nitrogens is 1. The zero-order valence-corrected chi connectivity index (χ0v) is 11.5. The van der Waals surface area contributed by atoms with Crippen LogP contribution in [-0.4, -0.2) is 40.5 Å². The second-order valence-electron chi connectivity index (χ2n) is 5.97. The third-order valence-corrected chi connectivity index (χ3v) is 4.54. The van der Waals surface area contributed by atoms with Crippen LogP contribution < -0.4 is 4.90 Å². The maximum atomic E-state index is 9.79. The Morgan fingerprint density at radius 3 is 2.35 bits per heavy atom. The van der Waals surface area contributed by atoms with Gasteiger partial charge in [-0.25, -0.2) is 4.98 Å². The number of aliphatic hydroxyl groups excluding tert-OH is 2. The van der Waals surface area contributed by atoms with Crippen LogP contribution in [0.25, 0.3) is 0 Å². The first kappa shape index (κ1) is 13.3. The van der Waals surface area contributed by atoms with E-state index < -0.39 is 12.2 Å². The number of anilines is 1. The first-order valence-corrected chi connectivity index (χ1v) is 7.07. The summed E-state index contributed by atoms with van der Waals surface area (Å²) in [5.74, 6) is 1.50. The van der Waals surface area contributed by atoms with Gasteiger partial charge < -0.3 is 15.1 Å². The van der Waals surface area contributed by atoms with Gasteiger partial charge in [0.25, 0.3) is 0 Å². The number of fused-ring (bicyclic) bond motifs is 1. The molecule has 4 atom stereocenters. The number of aliphatic hydroxyl groups is 2. The van der Waals surface area contributed by atoms with Crippen molar-refractivity contribution in [1.29, 1.82) is 5.26 Å². The van der Waals surface area contributed by atoms with E-state index >= 15 is 0 Å². The molecule has 0 spiro atoms. The fourth-order valence-corrected chi connectivity index (χ4v) is 3.45. The lowest BCUT2D eigenvalue weighted by molar-refractivity contribution is -0.0372. The predicted octanol–water partition coefficient (Wildman–Crippen LogP) is 0.830. The fourth-order valence-electron chi connectivity index (χ4n) is 3.45. The van der Waals surface area contributed by atoms with Gasteiger partial charge in [-0.05, 0) is 43.7 Å². The summed E-state index contributed by atoms with van der Waals surface area (Å²) in [4.78, 5) is 6.63. The highest BCUT2D eigenvalue weighted by atomic mass is 16.3. The Morgan fingerprint density at radius 2 is 1.80 bits per heavy atom. The molecule has 0 radical (unpaired) electrons. The molecular weight excluding hydrogens is 254 g/mol. The number of aryl methyl sites for hydroxylation is 1. The molecule has 3 rings (SSSR count). The van der Waals surface area contributed by atoms with Crippen molar-refractivity contribution in [2.45, 2.75) is 32.0 Å². The smallest absolute Gasteiger partial charge is 0.146 e. The molecule has 1 saturated heterocycles. The Bertz CT molecular complexity index is 537. The van der Waals surface area contributed by atoms with E-state index in [1.54, 1.807) is 0 Å². The van der Waals surface area contributed by atoms with Gasteiger partial charge >= 0.3 is 0 Å². The molecule has 1 aromatic rings. The van der Waals surface area contributed by atoms with Gasteiger partial charge in [-0.2, -0.15) is 5.26 Å². The number of pyridine rings is 1. The first-order chi connectivity index (χ1) is 9.58. The quantitative estimate of drug-likeness (QED) is 0.792. The molecule has 0 amide bonds. The van der Waals surface area contributed by atoms with E-state index in [0.29, 0.717) is 30.2 Å². The number of nitrogens with zero attached hydrogens (tertiary/aromatic N) is 3. The summed E-state index contributed by atoms with van der Waals surface area (Å²) in [5.41, 5.74) is 1.49. The maximum Gasteiger partial charge on any atom is 0.146 e. The van der Waals surface area contributed by atoms with Crippen molar-refractivity contribution in [3.63, 3.8) is 0 Å². The van der Waals surface area contributed by atoms with Crippen molar-refractivity contribution >= 4 is 5.82 Å². The van der Waals surface area contributed by atoms with Gasteiger partial charge in [-0.1, -0.05) is 0 Å². The van der Waals surface area contributed by atoms with Crippen LogP contribution in [0, 0.1) is 30.1 Å². The van der Waals surface area contributed by atoms with Crippen LogP contribution in [0.1, 0.15) is 24.1 Å². The van der Waals surface area contributed by atoms with E-state index in [2.05, 4.69) is 16.0 Å². The van der Waals surface area contributed by atoms with Crippen molar-refractivity contribution in [2.75, 3.05) is 18.0 Å². The summed E-state index contributed by atoms with van der Waals surface area (Å²) >= 11 is 0. The SMILES string of the molecule is Cc1ccc(C#N)c(N2C[C@H]3C[C@H](O)[C@@H](O)C[C@H]3C2)n1. The van der Waals surface area contributed by atoms with E-state index in [-0.39, 0.29) is 0 Å². The summed E-state index contributed by atoms with van der Waals surface area (Å²) in [6, 6.07) is 5.85. The number of hydrogen-bond acceptors (Lipinski definition) is 5. The van der Waals surface area contributed by atoms with Crippen molar-refractivity contribution in [3.8, 4) is 6.07 Å². The van der Waals surface area contributed by atoms with Crippen molar-refractivity contribution < 1.29 is 10.2 Å². The Morgan fingerprint density at radius 1 is 1.20 bits per heavy atom. The molecule has 0 unspecified atom stereocenters. The normalized spacial score (nSPS) is 32.8. The molecule has 1 aromatic heterocycles. The van der Waals surface area contributed by atoms with Crippen LogP contribution in [0.15, 0.2) is 12.1 Å². The molecule has 0 aromatic carbocycles. The maximum absolute atomic E-state index is 9.79. The van der Waals surface area contributed by atoms with Crippen LogP contribution in [0.2, 0.25) is 0 Å². The molecule has 1 aliphatic carbocycles. The topological polar surface area (TPSA) is 80.4 Å². The predicted molar refractivity (Wildman–Crippen MR) is 74.1 cm³/mol. The lowest BCUT2D eigenvalue weighted by Crippen LogP contribution is -2.38. The zero-order valence-electron chi connectivity index (χ0n) is 11.5.